The summed E-state index contributed by atoms with van der Waals surface area (Å²) in [5.41, 5.74) is 9.16. The molecule has 0 aromatic heterocycles. The van der Waals surface area contributed by atoms with E-state index in [1.807, 2.05) is 72.8 Å². The summed E-state index contributed by atoms with van der Waals surface area (Å²) in [6, 6.07) is 25.6. The van der Waals surface area contributed by atoms with Gasteiger partial charge >= 0.3 is 0 Å². The maximum atomic E-state index is 13.2. The number of likely N-dealkylation sites (tertiary alicyclic amines) is 1. The lowest BCUT2D eigenvalue weighted by Gasteiger charge is -2.37. The van der Waals surface area contributed by atoms with Gasteiger partial charge in [-0.05, 0) is 54.1 Å². The van der Waals surface area contributed by atoms with Crippen LogP contribution in [0.4, 0.5) is 0 Å². The Balaban J connectivity index is 1.59. The first-order valence-corrected chi connectivity index (χ1v) is 11.1. The summed E-state index contributed by atoms with van der Waals surface area (Å²) in [6.45, 7) is 6.38. The Kier molecular flexibility index (Phi) is 6.42. The highest BCUT2D eigenvalue weighted by Crippen LogP contribution is 2.43. The lowest BCUT2D eigenvalue weighted by molar-refractivity contribution is -0.123. The van der Waals surface area contributed by atoms with Crippen molar-refractivity contribution < 1.29 is 9.90 Å². The maximum absolute atomic E-state index is 13.2. The lowest BCUT2D eigenvalue weighted by atomic mass is 9.64. The van der Waals surface area contributed by atoms with Crippen molar-refractivity contribution in [1.82, 2.24) is 4.90 Å². The Bertz CT molecular complexity index is 1040. The number of nitrogens with zero attached hydrogens (tertiary/aromatic N) is 1. The first kappa shape index (κ1) is 21.8. The third-order valence-corrected chi connectivity index (χ3v) is 6.76. The van der Waals surface area contributed by atoms with Crippen LogP contribution in [0.5, 0.6) is 5.75 Å². The molecule has 3 N–H and O–H groups in total. The average molecular weight is 427 g/mol. The summed E-state index contributed by atoms with van der Waals surface area (Å²) < 4.78 is 0. The van der Waals surface area contributed by atoms with Crippen LogP contribution >= 0.6 is 0 Å². The molecule has 1 saturated heterocycles. The number of hydrogen-bond donors (Lipinski definition) is 2. The molecule has 164 valence electrons. The third-order valence-electron chi connectivity index (χ3n) is 6.76. The number of phenols is 1. The Morgan fingerprint density at radius 1 is 1.06 bits per heavy atom. The molecule has 4 nitrogen and oxygen atoms in total. The quantitative estimate of drug-likeness (QED) is 0.562. The molecule has 0 spiro atoms. The van der Waals surface area contributed by atoms with Gasteiger partial charge in [-0.1, -0.05) is 79.4 Å². The fraction of sp³-hybridized carbons (Fsp3) is 0.250. The zero-order valence-corrected chi connectivity index (χ0v) is 18.3. The standard InChI is InChI=1S/C28H30N2O2/c1-2-22-19-21(13-14-26(22)31)15-17-30-18-16-25(20-30)28(27(29)32,23-9-5-3-6-10-23)24-11-7-4-8-12-24/h2-14,19,25,31H,1,15-18,20H2,(H2,29,32)/t25-/m1/s1. The molecule has 1 atom stereocenters. The molecule has 0 bridgehead atoms. The third kappa shape index (κ3) is 4.06. The van der Waals surface area contributed by atoms with Crippen LogP contribution in [0.15, 0.2) is 85.4 Å². The van der Waals surface area contributed by atoms with E-state index in [1.54, 1.807) is 12.1 Å². The van der Waals surface area contributed by atoms with E-state index in [-0.39, 0.29) is 17.6 Å². The second-order valence-corrected chi connectivity index (χ2v) is 8.54. The van der Waals surface area contributed by atoms with E-state index >= 15 is 0 Å². The minimum atomic E-state index is -0.855. The van der Waals surface area contributed by atoms with Crippen molar-refractivity contribution in [1.29, 1.82) is 0 Å². The molecule has 0 saturated carbocycles. The van der Waals surface area contributed by atoms with Crippen molar-refractivity contribution in [2.75, 3.05) is 19.6 Å². The number of phenolic OH excluding ortho intramolecular Hbond substituents is 1. The fourth-order valence-corrected chi connectivity index (χ4v) is 5.13. The number of nitrogens with two attached hydrogens (primary N) is 1. The number of primary amides is 1. The van der Waals surface area contributed by atoms with Gasteiger partial charge in [-0.3, -0.25) is 4.79 Å². The van der Waals surface area contributed by atoms with Crippen LogP contribution in [-0.4, -0.2) is 35.5 Å². The molecular weight excluding hydrogens is 396 g/mol. The van der Waals surface area contributed by atoms with Crippen molar-refractivity contribution >= 4 is 12.0 Å². The van der Waals surface area contributed by atoms with E-state index in [2.05, 4.69) is 11.5 Å². The number of rotatable bonds is 8. The topological polar surface area (TPSA) is 66.6 Å². The second kappa shape index (κ2) is 9.41. The van der Waals surface area contributed by atoms with Gasteiger partial charge in [0.2, 0.25) is 5.91 Å². The van der Waals surface area contributed by atoms with Gasteiger partial charge in [0, 0.05) is 18.7 Å². The second-order valence-electron chi connectivity index (χ2n) is 8.54. The number of carbonyl (C=O) groups excluding carboxylic acids is 1. The van der Waals surface area contributed by atoms with Crippen LogP contribution < -0.4 is 5.73 Å². The molecule has 1 amide bonds. The predicted octanol–water partition coefficient (Wildman–Crippen LogP) is 4.37. The monoisotopic (exact) mass is 426 g/mol. The molecule has 3 aromatic rings. The minimum Gasteiger partial charge on any atom is -0.507 e. The van der Waals surface area contributed by atoms with Gasteiger partial charge < -0.3 is 15.7 Å². The molecule has 1 heterocycles. The van der Waals surface area contributed by atoms with E-state index < -0.39 is 5.41 Å². The van der Waals surface area contributed by atoms with E-state index in [4.69, 9.17) is 5.73 Å². The van der Waals surface area contributed by atoms with Crippen LogP contribution in [0.2, 0.25) is 0 Å². The average Bonchev–Trinajstić information content (AvgIpc) is 3.29. The fourth-order valence-electron chi connectivity index (χ4n) is 5.13. The summed E-state index contributed by atoms with van der Waals surface area (Å²) >= 11 is 0. The van der Waals surface area contributed by atoms with Gasteiger partial charge in [0.25, 0.3) is 0 Å². The van der Waals surface area contributed by atoms with Crippen LogP contribution in [0, 0.1) is 5.92 Å². The number of aromatic hydroxyl groups is 1. The smallest absolute Gasteiger partial charge is 0.232 e. The van der Waals surface area contributed by atoms with E-state index in [0.717, 1.165) is 54.7 Å². The SMILES string of the molecule is C=Cc1cc(CCN2CC[C@@H](C(C(N)=O)(c3ccccc3)c3ccccc3)C2)ccc1O. The summed E-state index contributed by atoms with van der Waals surface area (Å²) in [5.74, 6) is 0.0474. The van der Waals surface area contributed by atoms with Gasteiger partial charge in [-0.2, -0.15) is 0 Å². The van der Waals surface area contributed by atoms with Gasteiger partial charge in [0.05, 0.1) is 0 Å². The van der Waals surface area contributed by atoms with Crippen molar-refractivity contribution in [3.05, 3.63) is 108 Å². The maximum Gasteiger partial charge on any atom is 0.232 e. The molecule has 4 rings (SSSR count). The first-order valence-electron chi connectivity index (χ1n) is 11.1. The molecule has 4 heteroatoms. The highest BCUT2D eigenvalue weighted by atomic mass is 16.3. The number of carbonyl (C=O) groups is 1. The van der Waals surface area contributed by atoms with Crippen molar-refractivity contribution in [3.63, 3.8) is 0 Å². The Morgan fingerprint density at radius 3 is 2.25 bits per heavy atom. The van der Waals surface area contributed by atoms with E-state index in [0.29, 0.717) is 0 Å². The van der Waals surface area contributed by atoms with Crippen molar-refractivity contribution in [3.8, 4) is 5.75 Å². The minimum absolute atomic E-state index is 0.0911. The lowest BCUT2D eigenvalue weighted by Crippen LogP contribution is -2.49. The van der Waals surface area contributed by atoms with Crippen molar-refractivity contribution in [2.24, 2.45) is 11.7 Å². The molecule has 1 aliphatic heterocycles. The highest BCUT2D eigenvalue weighted by molar-refractivity contribution is 5.91. The molecule has 0 radical (unpaired) electrons. The largest absolute Gasteiger partial charge is 0.507 e. The zero-order chi connectivity index (χ0) is 22.6. The Labute approximate surface area is 190 Å². The predicted molar refractivity (Wildman–Crippen MR) is 129 cm³/mol. The first-order chi connectivity index (χ1) is 15.6. The summed E-state index contributed by atoms with van der Waals surface area (Å²) in [5, 5.41) is 9.88. The number of benzene rings is 3. The highest BCUT2D eigenvalue weighted by Gasteiger charge is 2.49. The summed E-state index contributed by atoms with van der Waals surface area (Å²) in [4.78, 5) is 15.6. The van der Waals surface area contributed by atoms with Crippen molar-refractivity contribution in [2.45, 2.75) is 18.3 Å². The summed E-state index contributed by atoms with van der Waals surface area (Å²) in [7, 11) is 0. The molecule has 3 aromatic carbocycles. The van der Waals surface area contributed by atoms with E-state index in [9.17, 15) is 9.90 Å². The Hall–Kier alpha value is -3.37. The molecule has 1 aliphatic rings. The normalized spacial score (nSPS) is 16.7. The summed E-state index contributed by atoms with van der Waals surface area (Å²) in [6.07, 6.45) is 3.44. The van der Waals surface area contributed by atoms with Gasteiger partial charge in [-0.15, -0.1) is 0 Å². The number of amides is 1. The van der Waals surface area contributed by atoms with Crippen LogP contribution in [-0.2, 0) is 16.6 Å². The molecule has 0 aliphatic carbocycles. The molecular formula is C28H30N2O2. The zero-order valence-electron chi connectivity index (χ0n) is 18.3. The van der Waals surface area contributed by atoms with E-state index in [1.165, 1.54) is 0 Å². The van der Waals surface area contributed by atoms with Gasteiger partial charge in [-0.25, -0.2) is 0 Å². The van der Waals surface area contributed by atoms with Gasteiger partial charge in [0.15, 0.2) is 0 Å². The molecule has 32 heavy (non-hydrogen) atoms. The molecule has 0 unspecified atom stereocenters. The number of hydrogen-bond acceptors (Lipinski definition) is 3. The van der Waals surface area contributed by atoms with Crippen LogP contribution in [0.3, 0.4) is 0 Å². The van der Waals surface area contributed by atoms with Gasteiger partial charge in [0.1, 0.15) is 11.2 Å². The molecule has 1 fully saturated rings. The van der Waals surface area contributed by atoms with Crippen LogP contribution in [0.25, 0.3) is 6.08 Å². The van der Waals surface area contributed by atoms with Crippen LogP contribution in [0.1, 0.15) is 28.7 Å². The Morgan fingerprint density at radius 2 is 1.69 bits per heavy atom.